The third kappa shape index (κ3) is 5.42. The number of aliphatic hydroxyl groups excluding tert-OH is 1. The van der Waals surface area contributed by atoms with Crippen molar-refractivity contribution >= 4 is 23.7 Å². The summed E-state index contributed by atoms with van der Waals surface area (Å²) in [6.07, 6.45) is 0.263. The fourth-order valence-electron chi connectivity index (χ4n) is 3.10. The normalized spacial score (nSPS) is 15.3. The smallest absolute Gasteiger partial charge is 0.328 e. The van der Waals surface area contributed by atoms with Crippen LogP contribution in [-0.4, -0.2) is 60.8 Å². The van der Waals surface area contributed by atoms with E-state index < -0.39 is 30.6 Å². The Labute approximate surface area is 189 Å². The van der Waals surface area contributed by atoms with Crippen molar-refractivity contribution in [3.8, 4) is 23.0 Å². The number of aliphatic carboxylic acids is 1. The van der Waals surface area contributed by atoms with E-state index in [1.807, 2.05) is 0 Å². The number of Topliss-reactive ketones (excluding diaryl/α,β-unsaturated/α-hetero) is 1. The molecule has 0 aromatic heterocycles. The van der Waals surface area contributed by atoms with Gasteiger partial charge in [-0.25, -0.2) is 4.79 Å². The number of aliphatic hydroxyl groups is 1. The Hall–Kier alpha value is -4.05. The maximum atomic E-state index is 12.7. The van der Waals surface area contributed by atoms with Crippen LogP contribution in [0.3, 0.4) is 0 Å². The molecular weight excluding hydrogens is 434 g/mol. The highest BCUT2D eigenvalue weighted by molar-refractivity contribution is 6.14. The third-order valence-electron chi connectivity index (χ3n) is 4.80. The molecule has 0 saturated heterocycles. The summed E-state index contributed by atoms with van der Waals surface area (Å²) in [7, 11) is 3.04. The van der Waals surface area contributed by atoms with Crippen LogP contribution in [0.5, 0.6) is 23.0 Å². The second kappa shape index (κ2) is 10.0. The number of carbonyl (C=O) groups is 3. The number of nitrogens with one attached hydrogen (secondary N) is 1. The molecule has 2 aromatic rings. The number of fused-ring (bicyclic) bond motifs is 1. The fraction of sp³-hybridized carbons (Fsp3) is 0.261. The molecule has 1 amide bonds. The van der Waals surface area contributed by atoms with Gasteiger partial charge in [0, 0.05) is 11.6 Å². The van der Waals surface area contributed by atoms with Gasteiger partial charge in [-0.1, -0.05) is 0 Å². The van der Waals surface area contributed by atoms with Gasteiger partial charge < -0.3 is 34.5 Å². The average molecular weight is 457 g/mol. The number of carbonyl (C=O) groups excluding carboxylic acids is 2. The van der Waals surface area contributed by atoms with E-state index in [1.54, 1.807) is 24.3 Å². The summed E-state index contributed by atoms with van der Waals surface area (Å²) in [5.74, 6) is -0.753. The van der Waals surface area contributed by atoms with Crippen LogP contribution in [-0.2, 0) is 9.59 Å². The number of carboxylic acids is 1. The molecule has 0 saturated carbocycles. The van der Waals surface area contributed by atoms with Gasteiger partial charge in [0.25, 0.3) is 5.91 Å². The van der Waals surface area contributed by atoms with Crippen molar-refractivity contribution in [2.45, 2.75) is 19.1 Å². The quantitative estimate of drug-likeness (QED) is 0.479. The molecule has 0 bridgehead atoms. The minimum absolute atomic E-state index is 0.0766. The number of methoxy groups -OCH3 is 2. The highest BCUT2D eigenvalue weighted by Crippen LogP contribution is 2.36. The van der Waals surface area contributed by atoms with E-state index in [0.717, 1.165) is 0 Å². The van der Waals surface area contributed by atoms with Gasteiger partial charge in [0.05, 0.1) is 25.9 Å². The van der Waals surface area contributed by atoms with Crippen LogP contribution < -0.4 is 24.3 Å². The minimum atomic E-state index is -1.46. The Morgan fingerprint density at radius 2 is 1.85 bits per heavy atom. The van der Waals surface area contributed by atoms with Crippen LogP contribution in [0.4, 0.5) is 0 Å². The molecule has 1 unspecified atom stereocenters. The van der Waals surface area contributed by atoms with Crippen molar-refractivity contribution in [2.24, 2.45) is 0 Å². The van der Waals surface area contributed by atoms with Crippen LogP contribution in [0.1, 0.15) is 22.8 Å². The molecule has 0 aliphatic carbocycles. The number of hydrogen-bond donors (Lipinski definition) is 3. The molecule has 2 aromatic carbocycles. The summed E-state index contributed by atoms with van der Waals surface area (Å²) >= 11 is 0. The molecule has 1 aliphatic heterocycles. The molecule has 0 spiro atoms. The highest BCUT2D eigenvalue weighted by Gasteiger charge is 2.29. The fourth-order valence-corrected chi connectivity index (χ4v) is 3.10. The van der Waals surface area contributed by atoms with Crippen molar-refractivity contribution in [1.29, 1.82) is 0 Å². The number of rotatable bonds is 9. The number of carboxylic acid groups (broad SMARTS) is 1. The van der Waals surface area contributed by atoms with Gasteiger partial charge in [0.1, 0.15) is 23.0 Å². The average Bonchev–Trinajstić information content (AvgIpc) is 3.10. The molecule has 10 nitrogen and oxygen atoms in total. The summed E-state index contributed by atoms with van der Waals surface area (Å²) in [4.78, 5) is 35.8. The number of benzene rings is 2. The first kappa shape index (κ1) is 23.6. The predicted octanol–water partition coefficient (Wildman–Crippen LogP) is 1.65. The SMILES string of the molecule is COc1ccc(OC)c(/C=C2\Oc3cc(OCC(=O)N[C@@H](C(=O)O)C(C)O)ccc3C2=O)c1. The first-order valence-electron chi connectivity index (χ1n) is 9.86. The zero-order valence-corrected chi connectivity index (χ0v) is 18.2. The van der Waals surface area contributed by atoms with Crippen molar-refractivity contribution in [3.63, 3.8) is 0 Å². The molecule has 3 rings (SSSR count). The van der Waals surface area contributed by atoms with Crippen LogP contribution in [0, 0.1) is 0 Å². The molecule has 0 fully saturated rings. The lowest BCUT2D eigenvalue weighted by Gasteiger charge is -2.17. The van der Waals surface area contributed by atoms with Gasteiger partial charge in [-0.05, 0) is 43.3 Å². The first-order chi connectivity index (χ1) is 15.7. The van der Waals surface area contributed by atoms with Gasteiger partial charge in [0.15, 0.2) is 18.4 Å². The Morgan fingerprint density at radius 3 is 2.48 bits per heavy atom. The van der Waals surface area contributed by atoms with Crippen molar-refractivity contribution in [1.82, 2.24) is 5.32 Å². The largest absolute Gasteiger partial charge is 0.497 e. The summed E-state index contributed by atoms with van der Waals surface area (Å²) in [6.45, 7) is 0.758. The number of ether oxygens (including phenoxy) is 4. The first-order valence-corrected chi connectivity index (χ1v) is 9.86. The number of ketones is 1. The zero-order chi connectivity index (χ0) is 24.1. The van der Waals surface area contributed by atoms with Gasteiger partial charge in [-0.3, -0.25) is 9.59 Å². The summed E-state index contributed by atoms with van der Waals surface area (Å²) in [5, 5.41) is 20.6. The molecule has 10 heteroatoms. The van der Waals surface area contributed by atoms with Crippen molar-refractivity contribution < 1.29 is 43.5 Å². The van der Waals surface area contributed by atoms with E-state index in [0.29, 0.717) is 22.6 Å². The van der Waals surface area contributed by atoms with E-state index in [9.17, 15) is 19.5 Å². The molecule has 2 atom stereocenters. The molecule has 3 N–H and O–H groups in total. The van der Waals surface area contributed by atoms with Crippen molar-refractivity contribution in [3.05, 3.63) is 53.3 Å². The molecule has 174 valence electrons. The number of allylic oxidation sites excluding steroid dienone is 1. The monoisotopic (exact) mass is 457 g/mol. The van der Waals surface area contributed by atoms with E-state index >= 15 is 0 Å². The Kier molecular flexibility index (Phi) is 7.19. The van der Waals surface area contributed by atoms with E-state index in [1.165, 1.54) is 39.3 Å². The molecule has 0 radical (unpaired) electrons. The number of hydrogen-bond acceptors (Lipinski definition) is 8. The van der Waals surface area contributed by atoms with Crippen LogP contribution in [0.2, 0.25) is 0 Å². The topological polar surface area (TPSA) is 141 Å². The lowest BCUT2D eigenvalue weighted by atomic mass is 10.1. The molecular formula is C23H23NO9. The lowest BCUT2D eigenvalue weighted by Crippen LogP contribution is -2.49. The van der Waals surface area contributed by atoms with Crippen LogP contribution in [0.25, 0.3) is 6.08 Å². The van der Waals surface area contributed by atoms with E-state index in [-0.39, 0.29) is 23.0 Å². The maximum Gasteiger partial charge on any atom is 0.328 e. The summed E-state index contributed by atoms with van der Waals surface area (Å²) in [5.41, 5.74) is 0.909. The molecule has 1 heterocycles. The van der Waals surface area contributed by atoms with Crippen LogP contribution >= 0.6 is 0 Å². The van der Waals surface area contributed by atoms with E-state index in [2.05, 4.69) is 5.32 Å². The van der Waals surface area contributed by atoms with E-state index in [4.69, 9.17) is 24.1 Å². The Morgan fingerprint density at radius 1 is 1.12 bits per heavy atom. The minimum Gasteiger partial charge on any atom is -0.497 e. The highest BCUT2D eigenvalue weighted by atomic mass is 16.5. The number of amides is 1. The standard InChI is InChI=1S/C23H23NO9/c1-12(25)21(23(28)29)24-20(26)11-32-15-4-6-16-18(10-15)33-19(22(16)27)9-13-8-14(30-2)5-7-17(13)31-3/h4-10,12,21,25H,11H2,1-3H3,(H,24,26)(H,28,29)/b19-9-/t12?,21-/m1/s1. The Bertz CT molecular complexity index is 1110. The maximum absolute atomic E-state index is 12.7. The molecule has 33 heavy (non-hydrogen) atoms. The second-order valence-electron chi connectivity index (χ2n) is 7.12. The lowest BCUT2D eigenvalue weighted by molar-refractivity contribution is -0.145. The second-order valence-corrected chi connectivity index (χ2v) is 7.12. The van der Waals surface area contributed by atoms with Crippen molar-refractivity contribution in [2.75, 3.05) is 20.8 Å². The van der Waals surface area contributed by atoms with Gasteiger partial charge in [-0.15, -0.1) is 0 Å². The predicted molar refractivity (Wildman–Crippen MR) is 116 cm³/mol. The molecule has 1 aliphatic rings. The third-order valence-corrected chi connectivity index (χ3v) is 4.80. The van der Waals surface area contributed by atoms with Gasteiger partial charge in [-0.2, -0.15) is 0 Å². The Balaban J connectivity index is 1.72. The van der Waals surface area contributed by atoms with Gasteiger partial charge >= 0.3 is 5.97 Å². The summed E-state index contributed by atoms with van der Waals surface area (Å²) in [6, 6.07) is 8.14. The zero-order valence-electron chi connectivity index (χ0n) is 18.2. The van der Waals surface area contributed by atoms with Crippen LogP contribution in [0.15, 0.2) is 42.2 Å². The summed E-state index contributed by atoms with van der Waals surface area (Å²) < 4.78 is 21.6. The van der Waals surface area contributed by atoms with Gasteiger partial charge in [0.2, 0.25) is 5.78 Å².